The molecular weight excluding hydrogens is 395 g/mol. The molecule has 8 heteroatoms. The topological polar surface area (TPSA) is 66.5 Å². The number of carbonyl (C=O) groups is 1. The molecule has 2 aromatic rings. The second-order valence-electron chi connectivity index (χ2n) is 5.53. The first-order valence-corrected chi connectivity index (χ1v) is 10.5. The van der Waals surface area contributed by atoms with E-state index in [-0.39, 0.29) is 18.2 Å². The maximum Gasteiger partial charge on any atom is 0.251 e. The highest BCUT2D eigenvalue weighted by Crippen LogP contribution is 2.21. The van der Waals surface area contributed by atoms with E-state index in [0.717, 1.165) is 5.56 Å². The van der Waals surface area contributed by atoms with Gasteiger partial charge in [-0.15, -0.1) is 0 Å². The van der Waals surface area contributed by atoms with E-state index in [4.69, 9.17) is 23.2 Å². The van der Waals surface area contributed by atoms with E-state index in [0.29, 0.717) is 27.8 Å². The van der Waals surface area contributed by atoms with Crippen LogP contribution in [0.25, 0.3) is 0 Å². The molecule has 0 aliphatic heterocycles. The molecule has 0 fully saturated rings. The molecule has 0 saturated carbocycles. The third-order valence-corrected chi connectivity index (χ3v) is 6.32. The molecule has 0 saturated heterocycles. The van der Waals surface area contributed by atoms with Gasteiger partial charge in [0.2, 0.25) is 10.0 Å². The Kier molecular flexibility index (Phi) is 6.92. The van der Waals surface area contributed by atoms with Gasteiger partial charge in [-0.25, -0.2) is 8.42 Å². The third kappa shape index (κ3) is 4.90. The molecule has 140 valence electrons. The number of rotatable bonds is 7. The summed E-state index contributed by atoms with van der Waals surface area (Å²) in [6, 6.07) is 11.5. The van der Waals surface area contributed by atoms with Crippen molar-refractivity contribution in [2.75, 3.05) is 16.6 Å². The van der Waals surface area contributed by atoms with Crippen molar-refractivity contribution in [3.63, 3.8) is 0 Å². The van der Waals surface area contributed by atoms with Gasteiger partial charge in [0.05, 0.1) is 11.4 Å². The molecule has 0 unspecified atom stereocenters. The maximum absolute atomic E-state index is 12.3. The lowest BCUT2D eigenvalue weighted by atomic mass is 10.1. The summed E-state index contributed by atoms with van der Waals surface area (Å²) in [7, 11) is -3.34. The molecule has 0 aliphatic rings. The molecule has 0 bridgehead atoms. The Morgan fingerprint density at radius 1 is 1.08 bits per heavy atom. The van der Waals surface area contributed by atoms with Crippen LogP contribution < -0.4 is 9.62 Å². The first-order chi connectivity index (χ1) is 12.3. The molecule has 0 heterocycles. The molecule has 0 aliphatic carbocycles. The summed E-state index contributed by atoms with van der Waals surface area (Å²) in [6.07, 6.45) is 0. The van der Waals surface area contributed by atoms with E-state index in [2.05, 4.69) is 5.32 Å². The van der Waals surface area contributed by atoms with Crippen molar-refractivity contribution in [2.24, 2.45) is 0 Å². The van der Waals surface area contributed by atoms with Crippen molar-refractivity contribution in [3.8, 4) is 0 Å². The zero-order chi connectivity index (χ0) is 19.3. The average molecular weight is 415 g/mol. The predicted molar refractivity (Wildman–Crippen MR) is 107 cm³/mol. The molecule has 26 heavy (non-hydrogen) atoms. The van der Waals surface area contributed by atoms with Gasteiger partial charge in [0.15, 0.2) is 0 Å². The lowest BCUT2D eigenvalue weighted by molar-refractivity contribution is 0.0951. The van der Waals surface area contributed by atoms with Crippen LogP contribution in [0.4, 0.5) is 5.69 Å². The molecule has 2 aromatic carbocycles. The summed E-state index contributed by atoms with van der Waals surface area (Å²) in [5, 5.41) is 3.79. The van der Waals surface area contributed by atoms with E-state index in [1.165, 1.54) is 4.31 Å². The summed E-state index contributed by atoms with van der Waals surface area (Å²) in [4.78, 5) is 12.3. The van der Waals surface area contributed by atoms with Crippen molar-refractivity contribution < 1.29 is 13.2 Å². The SMILES string of the molecule is CCN(c1ccc(C(=O)NCc2ccc(Cl)cc2Cl)cc1)S(=O)(=O)CC. The summed E-state index contributed by atoms with van der Waals surface area (Å²) >= 11 is 11.9. The van der Waals surface area contributed by atoms with Crippen LogP contribution in [-0.2, 0) is 16.6 Å². The van der Waals surface area contributed by atoms with Gasteiger partial charge in [-0.1, -0.05) is 29.3 Å². The van der Waals surface area contributed by atoms with Crippen LogP contribution in [-0.4, -0.2) is 26.6 Å². The van der Waals surface area contributed by atoms with Crippen LogP contribution in [0.5, 0.6) is 0 Å². The standard InChI is InChI=1S/C18H20Cl2N2O3S/c1-3-22(26(24,25)4-2)16-9-6-13(7-10-16)18(23)21-12-14-5-8-15(19)11-17(14)20/h5-11H,3-4,12H2,1-2H3,(H,21,23). The summed E-state index contributed by atoms with van der Waals surface area (Å²) in [5.41, 5.74) is 1.72. The van der Waals surface area contributed by atoms with Gasteiger partial charge in [-0.2, -0.15) is 0 Å². The van der Waals surface area contributed by atoms with Gasteiger partial charge in [-0.3, -0.25) is 9.10 Å². The van der Waals surface area contributed by atoms with Crippen molar-refractivity contribution >= 4 is 44.8 Å². The number of carbonyl (C=O) groups excluding carboxylic acids is 1. The minimum absolute atomic E-state index is 0.0188. The van der Waals surface area contributed by atoms with Gasteiger partial charge < -0.3 is 5.32 Å². The van der Waals surface area contributed by atoms with E-state index in [1.807, 2.05) is 0 Å². The number of hydrogen-bond donors (Lipinski definition) is 1. The molecule has 1 N–H and O–H groups in total. The minimum Gasteiger partial charge on any atom is -0.348 e. The second kappa shape index (κ2) is 8.75. The average Bonchev–Trinajstić information content (AvgIpc) is 2.61. The van der Waals surface area contributed by atoms with Gasteiger partial charge in [-0.05, 0) is 55.8 Å². The highest BCUT2D eigenvalue weighted by Gasteiger charge is 2.19. The Labute approximate surface area is 164 Å². The Morgan fingerprint density at radius 3 is 2.27 bits per heavy atom. The van der Waals surface area contributed by atoms with Crippen LogP contribution in [0.1, 0.15) is 29.8 Å². The fourth-order valence-electron chi connectivity index (χ4n) is 2.42. The number of hydrogen-bond acceptors (Lipinski definition) is 3. The van der Waals surface area contributed by atoms with E-state index in [9.17, 15) is 13.2 Å². The van der Waals surface area contributed by atoms with Gasteiger partial charge in [0.25, 0.3) is 5.91 Å². The molecule has 0 spiro atoms. The fraction of sp³-hybridized carbons (Fsp3) is 0.278. The lowest BCUT2D eigenvalue weighted by Gasteiger charge is -2.22. The van der Waals surface area contributed by atoms with Gasteiger partial charge in [0, 0.05) is 28.7 Å². The van der Waals surface area contributed by atoms with Crippen molar-refractivity contribution in [1.82, 2.24) is 5.32 Å². The fourth-order valence-corrected chi connectivity index (χ4v) is 4.04. The number of amides is 1. The first-order valence-electron chi connectivity index (χ1n) is 8.11. The number of nitrogens with one attached hydrogen (secondary N) is 1. The highest BCUT2D eigenvalue weighted by atomic mass is 35.5. The summed E-state index contributed by atoms with van der Waals surface area (Å²) in [6.45, 7) is 3.96. The van der Waals surface area contributed by atoms with Crippen LogP contribution in [0.2, 0.25) is 10.0 Å². The highest BCUT2D eigenvalue weighted by molar-refractivity contribution is 7.92. The molecule has 0 atom stereocenters. The smallest absolute Gasteiger partial charge is 0.251 e. The quantitative estimate of drug-likeness (QED) is 0.741. The number of sulfonamides is 1. The van der Waals surface area contributed by atoms with Crippen molar-refractivity contribution in [3.05, 3.63) is 63.6 Å². The molecule has 2 rings (SSSR count). The molecular formula is C18H20Cl2N2O3S. The number of nitrogens with zero attached hydrogens (tertiary/aromatic N) is 1. The third-order valence-electron chi connectivity index (χ3n) is 3.86. The van der Waals surface area contributed by atoms with Crippen molar-refractivity contribution in [2.45, 2.75) is 20.4 Å². The largest absolute Gasteiger partial charge is 0.348 e. The van der Waals surface area contributed by atoms with Gasteiger partial charge >= 0.3 is 0 Å². The summed E-state index contributed by atoms with van der Waals surface area (Å²) in [5.74, 6) is -0.255. The van der Waals surface area contributed by atoms with Crippen LogP contribution in [0.3, 0.4) is 0 Å². The number of halogens is 2. The van der Waals surface area contributed by atoms with Crippen molar-refractivity contribution in [1.29, 1.82) is 0 Å². The summed E-state index contributed by atoms with van der Waals surface area (Å²) < 4.78 is 25.5. The zero-order valence-electron chi connectivity index (χ0n) is 14.5. The second-order valence-corrected chi connectivity index (χ2v) is 8.56. The van der Waals surface area contributed by atoms with E-state index < -0.39 is 10.0 Å². The van der Waals surface area contributed by atoms with Gasteiger partial charge in [0.1, 0.15) is 0 Å². The Morgan fingerprint density at radius 2 is 1.73 bits per heavy atom. The molecule has 0 radical (unpaired) electrons. The molecule has 5 nitrogen and oxygen atoms in total. The van der Waals surface area contributed by atoms with E-state index >= 15 is 0 Å². The first kappa shape index (κ1) is 20.6. The minimum atomic E-state index is -3.34. The number of benzene rings is 2. The Bertz CT molecular complexity index is 884. The zero-order valence-corrected chi connectivity index (χ0v) is 16.8. The van der Waals surface area contributed by atoms with E-state index in [1.54, 1.807) is 56.3 Å². The Hall–Kier alpha value is -1.76. The normalized spacial score (nSPS) is 11.2. The molecule has 0 aromatic heterocycles. The molecule has 1 amide bonds. The monoisotopic (exact) mass is 414 g/mol. The predicted octanol–water partition coefficient (Wildman–Crippen LogP) is 4.10. The maximum atomic E-state index is 12.3. The van der Waals surface area contributed by atoms with Crippen LogP contribution in [0, 0.1) is 0 Å². The lowest BCUT2D eigenvalue weighted by Crippen LogP contribution is -2.32. The van der Waals surface area contributed by atoms with Crippen LogP contribution >= 0.6 is 23.2 Å². The number of anilines is 1. The Balaban J connectivity index is 2.08. The van der Waals surface area contributed by atoms with Crippen LogP contribution in [0.15, 0.2) is 42.5 Å².